The van der Waals surface area contributed by atoms with Crippen molar-refractivity contribution in [2.45, 2.75) is 52.6 Å². The van der Waals surface area contributed by atoms with Crippen LogP contribution in [-0.2, 0) is 36.1 Å². The van der Waals surface area contributed by atoms with Crippen molar-refractivity contribution < 1.29 is 14.3 Å². The fourth-order valence-electron chi connectivity index (χ4n) is 4.29. The minimum atomic E-state index is -0.120. The van der Waals surface area contributed by atoms with Crippen molar-refractivity contribution in [2.24, 2.45) is 7.05 Å². The molecule has 0 aliphatic heterocycles. The first kappa shape index (κ1) is 28.2. The Labute approximate surface area is 221 Å². The van der Waals surface area contributed by atoms with Crippen LogP contribution in [0.1, 0.15) is 60.3 Å². The predicted molar refractivity (Wildman–Crippen MR) is 148 cm³/mol. The quantitative estimate of drug-likeness (QED) is 0.259. The Morgan fingerprint density at radius 2 is 1.59 bits per heavy atom. The Balaban J connectivity index is 1.77. The Kier molecular flexibility index (Phi) is 11.4. The van der Waals surface area contributed by atoms with E-state index in [4.69, 9.17) is 4.74 Å². The van der Waals surface area contributed by atoms with Gasteiger partial charge in [-0.2, -0.15) is 0 Å². The molecule has 0 radical (unpaired) electrons. The van der Waals surface area contributed by atoms with Gasteiger partial charge in [0.15, 0.2) is 0 Å². The third kappa shape index (κ3) is 8.90. The second kappa shape index (κ2) is 15.0. The molecule has 2 amide bonds. The summed E-state index contributed by atoms with van der Waals surface area (Å²) in [5.41, 5.74) is 3.94. The summed E-state index contributed by atoms with van der Waals surface area (Å²) in [4.78, 5) is 30.7. The van der Waals surface area contributed by atoms with Crippen LogP contribution in [-0.4, -0.2) is 52.5 Å². The molecule has 6 heteroatoms. The van der Waals surface area contributed by atoms with Gasteiger partial charge in [-0.15, -0.1) is 0 Å². The van der Waals surface area contributed by atoms with Crippen LogP contribution in [0, 0.1) is 0 Å². The van der Waals surface area contributed by atoms with Gasteiger partial charge in [0, 0.05) is 50.8 Å². The van der Waals surface area contributed by atoms with Crippen molar-refractivity contribution in [3.05, 3.63) is 95.3 Å². The maximum atomic E-state index is 13.7. The summed E-state index contributed by atoms with van der Waals surface area (Å²) in [5, 5.41) is 0. The van der Waals surface area contributed by atoms with Gasteiger partial charge in [-0.25, -0.2) is 0 Å². The molecule has 6 nitrogen and oxygen atoms in total. The van der Waals surface area contributed by atoms with E-state index in [0.717, 1.165) is 30.5 Å². The molecule has 0 aliphatic rings. The molecule has 0 spiro atoms. The van der Waals surface area contributed by atoms with Crippen molar-refractivity contribution in [1.29, 1.82) is 0 Å². The number of unbranched alkanes of at least 4 members (excludes halogenated alkanes) is 1. The molecule has 0 aliphatic carbocycles. The predicted octanol–water partition coefficient (Wildman–Crippen LogP) is 5.47. The van der Waals surface area contributed by atoms with Crippen LogP contribution >= 0.6 is 0 Å². The summed E-state index contributed by atoms with van der Waals surface area (Å²) in [7, 11) is 1.98. The first-order valence-corrected chi connectivity index (χ1v) is 13.4. The number of aryl methyl sites for hydroxylation is 2. The Hall–Kier alpha value is -3.38. The summed E-state index contributed by atoms with van der Waals surface area (Å²) < 4.78 is 7.53. The zero-order valence-electron chi connectivity index (χ0n) is 22.6. The molecule has 0 saturated heterocycles. The zero-order chi connectivity index (χ0) is 26.5. The highest BCUT2D eigenvalue weighted by Gasteiger charge is 2.23. The van der Waals surface area contributed by atoms with E-state index >= 15 is 0 Å². The Bertz CT molecular complexity index is 1090. The molecule has 37 heavy (non-hydrogen) atoms. The highest BCUT2D eigenvalue weighted by molar-refractivity contribution is 5.96. The number of carbonyl (C=O) groups is 2. The topological polar surface area (TPSA) is 54.8 Å². The fourth-order valence-corrected chi connectivity index (χ4v) is 4.29. The standard InChI is InChI=1S/C31H41N3O3/c1-4-6-12-26-16-18-28(19-17-26)31(36)33(21-11-22-37-5-2)25-30(35)34(23-27-13-8-7-9-14-27)24-29-15-10-20-32(29)3/h7-10,13-20H,4-6,11-12,21-25H2,1-3H3. The number of benzene rings is 2. The van der Waals surface area contributed by atoms with Crippen molar-refractivity contribution in [2.75, 3.05) is 26.3 Å². The van der Waals surface area contributed by atoms with Crippen LogP contribution in [0.25, 0.3) is 0 Å². The van der Waals surface area contributed by atoms with Gasteiger partial charge < -0.3 is 19.1 Å². The molecule has 198 valence electrons. The van der Waals surface area contributed by atoms with Crippen LogP contribution in [0.3, 0.4) is 0 Å². The van der Waals surface area contributed by atoms with Crippen LogP contribution in [0.4, 0.5) is 0 Å². The van der Waals surface area contributed by atoms with Gasteiger partial charge in [-0.3, -0.25) is 9.59 Å². The molecule has 0 atom stereocenters. The van der Waals surface area contributed by atoms with Crippen molar-refractivity contribution >= 4 is 11.8 Å². The number of carbonyl (C=O) groups excluding carboxylic acids is 2. The minimum absolute atomic E-state index is 0.0276. The average Bonchev–Trinajstić information content (AvgIpc) is 3.33. The molecular formula is C31H41N3O3. The van der Waals surface area contributed by atoms with Crippen LogP contribution in [0.15, 0.2) is 72.9 Å². The van der Waals surface area contributed by atoms with E-state index in [2.05, 4.69) is 6.92 Å². The summed E-state index contributed by atoms with van der Waals surface area (Å²) in [6.45, 7) is 6.77. The normalized spacial score (nSPS) is 10.9. The van der Waals surface area contributed by atoms with Crippen LogP contribution < -0.4 is 0 Å². The van der Waals surface area contributed by atoms with Crippen molar-refractivity contribution in [3.63, 3.8) is 0 Å². The molecule has 3 aromatic rings. The summed E-state index contributed by atoms with van der Waals surface area (Å²) in [5.74, 6) is -0.195. The zero-order valence-corrected chi connectivity index (χ0v) is 22.6. The lowest BCUT2D eigenvalue weighted by Crippen LogP contribution is -2.43. The third-order valence-electron chi connectivity index (χ3n) is 6.53. The van der Waals surface area contributed by atoms with E-state index in [9.17, 15) is 9.59 Å². The number of ether oxygens (including phenoxy) is 1. The lowest BCUT2D eigenvalue weighted by Gasteiger charge is -2.28. The average molecular weight is 504 g/mol. The number of rotatable bonds is 15. The van der Waals surface area contributed by atoms with Gasteiger partial charge in [0.25, 0.3) is 5.91 Å². The third-order valence-corrected chi connectivity index (χ3v) is 6.53. The lowest BCUT2D eigenvalue weighted by atomic mass is 10.1. The number of amides is 2. The van der Waals surface area contributed by atoms with E-state index < -0.39 is 0 Å². The van der Waals surface area contributed by atoms with Gasteiger partial charge in [0.2, 0.25) is 5.91 Å². The van der Waals surface area contributed by atoms with E-state index in [1.807, 2.05) is 96.4 Å². The van der Waals surface area contributed by atoms with Gasteiger partial charge >= 0.3 is 0 Å². The molecule has 0 N–H and O–H groups in total. The fraction of sp³-hybridized carbons (Fsp3) is 0.419. The molecule has 2 aromatic carbocycles. The summed E-state index contributed by atoms with van der Waals surface area (Å²) in [6, 6.07) is 21.8. The number of nitrogens with zero attached hydrogens (tertiary/aromatic N) is 3. The van der Waals surface area contributed by atoms with Gasteiger partial charge in [-0.05, 0) is 61.6 Å². The Morgan fingerprint density at radius 3 is 2.24 bits per heavy atom. The van der Waals surface area contributed by atoms with Crippen molar-refractivity contribution in [3.8, 4) is 0 Å². The number of hydrogen-bond donors (Lipinski definition) is 0. The molecule has 1 aromatic heterocycles. The second-order valence-electron chi connectivity index (χ2n) is 9.42. The Morgan fingerprint density at radius 1 is 0.838 bits per heavy atom. The SMILES string of the molecule is CCCCc1ccc(C(=O)N(CCCOCC)CC(=O)N(Cc2ccccc2)Cc2cccn2C)cc1. The second-order valence-corrected chi connectivity index (χ2v) is 9.42. The largest absolute Gasteiger partial charge is 0.382 e. The molecular weight excluding hydrogens is 462 g/mol. The summed E-state index contributed by atoms with van der Waals surface area (Å²) >= 11 is 0. The van der Waals surface area contributed by atoms with Gasteiger partial charge in [0.05, 0.1) is 6.54 Å². The molecule has 0 bridgehead atoms. The van der Waals surface area contributed by atoms with Gasteiger partial charge in [0.1, 0.15) is 6.54 Å². The molecule has 0 saturated carbocycles. The number of aromatic nitrogens is 1. The van der Waals surface area contributed by atoms with Crippen LogP contribution in [0.2, 0.25) is 0 Å². The first-order valence-electron chi connectivity index (χ1n) is 13.4. The molecule has 3 rings (SSSR count). The van der Waals surface area contributed by atoms with Crippen LogP contribution in [0.5, 0.6) is 0 Å². The molecule has 1 heterocycles. The summed E-state index contributed by atoms with van der Waals surface area (Å²) in [6.07, 6.45) is 5.93. The first-order chi connectivity index (χ1) is 18.0. The maximum Gasteiger partial charge on any atom is 0.254 e. The van der Waals surface area contributed by atoms with Gasteiger partial charge in [-0.1, -0.05) is 55.8 Å². The van der Waals surface area contributed by atoms with Crippen molar-refractivity contribution in [1.82, 2.24) is 14.4 Å². The minimum Gasteiger partial charge on any atom is -0.382 e. The highest BCUT2D eigenvalue weighted by atomic mass is 16.5. The van der Waals surface area contributed by atoms with E-state index in [-0.39, 0.29) is 18.4 Å². The number of hydrogen-bond acceptors (Lipinski definition) is 3. The maximum absolute atomic E-state index is 13.7. The van der Waals surface area contributed by atoms with E-state index in [1.54, 1.807) is 4.90 Å². The van der Waals surface area contributed by atoms with E-state index in [0.29, 0.717) is 44.8 Å². The monoisotopic (exact) mass is 503 g/mol. The lowest BCUT2D eigenvalue weighted by molar-refractivity contribution is -0.133. The smallest absolute Gasteiger partial charge is 0.254 e. The molecule has 0 fully saturated rings. The molecule has 0 unspecified atom stereocenters. The van der Waals surface area contributed by atoms with E-state index in [1.165, 1.54) is 5.56 Å². The highest BCUT2D eigenvalue weighted by Crippen LogP contribution is 2.14.